The number of carbonyl (C=O) groups excluding carboxylic acids is 1. The highest BCUT2D eigenvalue weighted by atomic mass is 32.1. The second kappa shape index (κ2) is 10.6. The molecule has 36 heavy (non-hydrogen) atoms. The summed E-state index contributed by atoms with van der Waals surface area (Å²) >= 11 is 1.69. The van der Waals surface area contributed by atoms with Gasteiger partial charge in [-0.3, -0.25) is 19.1 Å². The van der Waals surface area contributed by atoms with E-state index in [2.05, 4.69) is 31.7 Å². The van der Waals surface area contributed by atoms with E-state index in [0.717, 1.165) is 33.2 Å². The van der Waals surface area contributed by atoms with Gasteiger partial charge in [-0.15, -0.1) is 11.3 Å². The predicted molar refractivity (Wildman–Crippen MR) is 145 cm³/mol. The molecule has 4 rings (SSSR count). The van der Waals surface area contributed by atoms with Crippen LogP contribution in [-0.4, -0.2) is 31.5 Å². The summed E-state index contributed by atoms with van der Waals surface area (Å²) in [5.41, 5.74) is 5.12. The second-order valence-corrected chi connectivity index (χ2v) is 10.7. The number of nitrogens with one attached hydrogen (secondary N) is 2. The van der Waals surface area contributed by atoms with Crippen molar-refractivity contribution < 1.29 is 4.79 Å². The maximum atomic E-state index is 13.3. The molecule has 1 atom stereocenters. The quantitative estimate of drug-likeness (QED) is 0.363. The smallest absolute Gasteiger partial charge is 0.261 e. The Kier molecular flexibility index (Phi) is 7.49. The van der Waals surface area contributed by atoms with Crippen molar-refractivity contribution in [2.24, 2.45) is 5.92 Å². The van der Waals surface area contributed by atoms with Crippen molar-refractivity contribution >= 4 is 33.8 Å². The van der Waals surface area contributed by atoms with Crippen molar-refractivity contribution in [3.05, 3.63) is 68.4 Å². The Labute approximate surface area is 214 Å². The van der Waals surface area contributed by atoms with Crippen LogP contribution in [0.3, 0.4) is 0 Å². The molecule has 0 aliphatic rings. The zero-order valence-electron chi connectivity index (χ0n) is 21.5. The van der Waals surface area contributed by atoms with E-state index in [-0.39, 0.29) is 30.0 Å². The third kappa shape index (κ3) is 5.62. The first-order valence-electron chi connectivity index (χ1n) is 12.1. The largest absolute Gasteiger partial charge is 0.379 e. The molecule has 1 amide bonds. The Bertz CT molecular complexity index is 1470. The molecule has 0 bridgehead atoms. The number of hydrogen-bond acceptors (Lipinski definition) is 7. The fraction of sp³-hybridized carbons (Fsp3) is 0.370. The standard InChI is InChI=1S/C27H32N6O2S/c1-15(2)31-26(34)16(3)13-33-14-30-23-8-7-20(9-22(23)27(33)35)21-10-24(17(4)28-11-21)29-12-25-18(5)32-19(6)36-25/h7-11,14-16,29H,12-13H2,1-6H3,(H,31,34)/t16-/m0/s1. The van der Waals surface area contributed by atoms with E-state index < -0.39 is 0 Å². The van der Waals surface area contributed by atoms with Crippen LogP contribution in [0.5, 0.6) is 0 Å². The number of pyridine rings is 1. The summed E-state index contributed by atoms with van der Waals surface area (Å²) in [4.78, 5) is 40.3. The van der Waals surface area contributed by atoms with Crippen molar-refractivity contribution in [3.63, 3.8) is 0 Å². The molecule has 9 heteroatoms. The summed E-state index contributed by atoms with van der Waals surface area (Å²) in [7, 11) is 0. The number of thiazole rings is 1. The lowest BCUT2D eigenvalue weighted by Crippen LogP contribution is -2.37. The Morgan fingerprint density at radius 1 is 1.06 bits per heavy atom. The van der Waals surface area contributed by atoms with Gasteiger partial charge in [0.15, 0.2) is 0 Å². The van der Waals surface area contributed by atoms with E-state index in [0.29, 0.717) is 17.4 Å². The molecule has 0 fully saturated rings. The number of nitrogens with zero attached hydrogens (tertiary/aromatic N) is 4. The lowest BCUT2D eigenvalue weighted by Gasteiger charge is -2.16. The third-order valence-electron chi connectivity index (χ3n) is 6.03. The SMILES string of the molecule is Cc1nc(C)c(CNc2cc(-c3ccc4ncn(C[C@H](C)C(=O)NC(C)C)c(=O)c4c3)cnc2C)s1. The topological polar surface area (TPSA) is 102 Å². The second-order valence-electron chi connectivity index (χ2n) is 9.45. The van der Waals surface area contributed by atoms with Gasteiger partial charge in [-0.2, -0.15) is 0 Å². The molecule has 0 aliphatic carbocycles. The lowest BCUT2D eigenvalue weighted by atomic mass is 10.0. The first-order valence-corrected chi connectivity index (χ1v) is 12.9. The van der Waals surface area contributed by atoms with Crippen molar-refractivity contribution in [3.8, 4) is 11.1 Å². The minimum atomic E-state index is -0.353. The predicted octanol–water partition coefficient (Wildman–Crippen LogP) is 4.61. The average molecular weight is 505 g/mol. The van der Waals surface area contributed by atoms with Gasteiger partial charge in [0, 0.05) is 29.2 Å². The maximum absolute atomic E-state index is 13.3. The van der Waals surface area contributed by atoms with Gasteiger partial charge in [0.25, 0.3) is 5.56 Å². The Hall–Kier alpha value is -3.59. The van der Waals surface area contributed by atoms with E-state index in [1.807, 2.05) is 65.9 Å². The van der Waals surface area contributed by atoms with Gasteiger partial charge >= 0.3 is 0 Å². The lowest BCUT2D eigenvalue weighted by molar-refractivity contribution is -0.125. The number of fused-ring (bicyclic) bond motifs is 1. The maximum Gasteiger partial charge on any atom is 0.261 e. The van der Waals surface area contributed by atoms with Gasteiger partial charge in [0.2, 0.25) is 5.91 Å². The van der Waals surface area contributed by atoms with Crippen molar-refractivity contribution in [1.29, 1.82) is 0 Å². The van der Waals surface area contributed by atoms with E-state index in [1.54, 1.807) is 11.3 Å². The minimum Gasteiger partial charge on any atom is -0.379 e. The highest BCUT2D eigenvalue weighted by molar-refractivity contribution is 7.11. The van der Waals surface area contributed by atoms with Crippen LogP contribution >= 0.6 is 11.3 Å². The van der Waals surface area contributed by atoms with E-state index >= 15 is 0 Å². The number of hydrogen-bond donors (Lipinski definition) is 2. The summed E-state index contributed by atoms with van der Waals surface area (Å²) in [6.07, 6.45) is 3.33. The summed E-state index contributed by atoms with van der Waals surface area (Å²) in [6.45, 7) is 12.6. The van der Waals surface area contributed by atoms with Gasteiger partial charge in [-0.1, -0.05) is 13.0 Å². The van der Waals surface area contributed by atoms with Crippen LogP contribution < -0.4 is 16.2 Å². The van der Waals surface area contributed by atoms with Crippen LogP contribution in [-0.2, 0) is 17.9 Å². The molecule has 2 N–H and O–H groups in total. The van der Waals surface area contributed by atoms with Crippen LogP contribution in [0.25, 0.3) is 22.0 Å². The number of benzene rings is 1. The fourth-order valence-corrected chi connectivity index (χ4v) is 4.93. The normalized spacial score (nSPS) is 12.2. The first-order chi connectivity index (χ1) is 17.1. The Balaban J connectivity index is 1.61. The molecule has 1 aromatic carbocycles. The molecule has 0 unspecified atom stereocenters. The molecule has 8 nitrogen and oxygen atoms in total. The van der Waals surface area contributed by atoms with Gasteiger partial charge in [0.1, 0.15) is 0 Å². The summed E-state index contributed by atoms with van der Waals surface area (Å²) in [6, 6.07) is 7.76. The summed E-state index contributed by atoms with van der Waals surface area (Å²) in [5.74, 6) is -0.436. The number of carbonyl (C=O) groups is 1. The Morgan fingerprint density at radius 3 is 2.53 bits per heavy atom. The number of rotatable bonds is 8. The molecule has 0 radical (unpaired) electrons. The van der Waals surface area contributed by atoms with Gasteiger partial charge in [-0.05, 0) is 58.4 Å². The molecule has 3 aromatic heterocycles. The summed E-state index contributed by atoms with van der Waals surface area (Å²) in [5, 5.41) is 7.95. The molecule has 0 saturated carbocycles. The van der Waals surface area contributed by atoms with Crippen LogP contribution in [0.4, 0.5) is 5.69 Å². The molecular weight excluding hydrogens is 472 g/mol. The molecule has 3 heterocycles. The zero-order chi connectivity index (χ0) is 26.0. The molecular formula is C27H32N6O2S. The van der Waals surface area contributed by atoms with Crippen molar-refractivity contribution in [2.45, 2.75) is 60.7 Å². The first kappa shape index (κ1) is 25.5. The van der Waals surface area contributed by atoms with Crippen molar-refractivity contribution in [2.75, 3.05) is 5.32 Å². The fourth-order valence-electron chi connectivity index (χ4n) is 4.06. The van der Waals surface area contributed by atoms with E-state index in [1.165, 1.54) is 15.8 Å². The third-order valence-corrected chi connectivity index (χ3v) is 7.11. The van der Waals surface area contributed by atoms with Gasteiger partial charge in [0.05, 0.1) is 51.8 Å². The van der Waals surface area contributed by atoms with Crippen LogP contribution in [0, 0.1) is 26.7 Å². The minimum absolute atomic E-state index is 0.0478. The van der Waals surface area contributed by atoms with Crippen LogP contribution in [0.1, 0.15) is 42.0 Å². The van der Waals surface area contributed by atoms with Crippen LogP contribution in [0.2, 0.25) is 0 Å². The number of aromatic nitrogens is 4. The van der Waals surface area contributed by atoms with E-state index in [9.17, 15) is 9.59 Å². The highest BCUT2D eigenvalue weighted by Gasteiger charge is 2.16. The Morgan fingerprint density at radius 2 is 1.83 bits per heavy atom. The highest BCUT2D eigenvalue weighted by Crippen LogP contribution is 2.27. The molecule has 188 valence electrons. The van der Waals surface area contributed by atoms with E-state index in [4.69, 9.17) is 0 Å². The molecule has 4 aromatic rings. The zero-order valence-corrected chi connectivity index (χ0v) is 22.4. The molecule has 0 aliphatic heterocycles. The summed E-state index contributed by atoms with van der Waals surface area (Å²) < 4.78 is 1.51. The van der Waals surface area contributed by atoms with Gasteiger partial charge < -0.3 is 10.6 Å². The molecule has 0 saturated heterocycles. The number of anilines is 1. The van der Waals surface area contributed by atoms with Crippen LogP contribution in [0.15, 0.2) is 41.6 Å². The number of aryl methyl sites for hydroxylation is 3. The number of amides is 1. The van der Waals surface area contributed by atoms with Gasteiger partial charge in [-0.25, -0.2) is 9.97 Å². The monoisotopic (exact) mass is 504 g/mol. The van der Waals surface area contributed by atoms with Crippen molar-refractivity contribution in [1.82, 2.24) is 24.8 Å². The average Bonchev–Trinajstić information content (AvgIpc) is 3.16. The molecule has 0 spiro atoms.